The van der Waals surface area contributed by atoms with Gasteiger partial charge >= 0.3 is 0 Å². The quantitative estimate of drug-likeness (QED) is 0.224. The summed E-state index contributed by atoms with van der Waals surface area (Å²) in [6.45, 7) is 5.86. The third-order valence-electron chi connectivity index (χ3n) is 6.36. The summed E-state index contributed by atoms with van der Waals surface area (Å²) < 4.78 is 32.5. The second-order valence-electron chi connectivity index (χ2n) is 9.31. The van der Waals surface area contributed by atoms with E-state index in [9.17, 15) is 19.8 Å². The summed E-state index contributed by atoms with van der Waals surface area (Å²) in [5.41, 5.74) is 2.23. The molecular weight excluding hydrogens is 535 g/mol. The normalized spacial score (nSPS) is 13.3. The number of carboxylic acids is 2. The first-order chi connectivity index (χ1) is 19.7. The lowest BCUT2D eigenvalue weighted by atomic mass is 10.2. The summed E-state index contributed by atoms with van der Waals surface area (Å²) in [7, 11) is 1.59. The lowest BCUT2D eigenvalue weighted by Gasteiger charge is -2.16. The van der Waals surface area contributed by atoms with Gasteiger partial charge in [-0.3, -0.25) is 0 Å². The molecule has 0 radical (unpaired) electrons. The maximum Gasteiger partial charge on any atom is 0.230 e. The fraction of sp³-hybridized carbons (Fsp3) is 0.310. The number of methoxy groups -OCH3 is 1. The first-order valence-corrected chi connectivity index (χ1v) is 13.0. The number of aryl methyl sites for hydroxylation is 1. The van der Waals surface area contributed by atoms with E-state index in [4.69, 9.17) is 14.2 Å². The van der Waals surface area contributed by atoms with Gasteiger partial charge in [0.1, 0.15) is 6.33 Å². The summed E-state index contributed by atoms with van der Waals surface area (Å²) >= 11 is 0. The highest BCUT2D eigenvalue weighted by Gasteiger charge is 2.17. The summed E-state index contributed by atoms with van der Waals surface area (Å²) in [4.78, 5) is 33.0. The molecule has 0 atom stereocenters. The highest BCUT2D eigenvalue weighted by atomic mass is 19.1. The smallest absolute Gasteiger partial charge is 0.230 e. The number of aromatic amines is 1. The van der Waals surface area contributed by atoms with Crippen molar-refractivity contribution in [2.75, 3.05) is 33.4 Å². The molecule has 1 fully saturated rings. The minimum atomic E-state index is -1.55. The number of halogens is 1. The van der Waals surface area contributed by atoms with E-state index in [2.05, 4.69) is 19.9 Å². The number of carbonyl (C=O) groups is 2. The lowest BCUT2D eigenvalue weighted by Crippen LogP contribution is -2.23. The molecular formula is C29H29FN4O7-2. The number of hydrogen-bond acceptors (Lipinski definition) is 10. The Hall–Kier alpha value is -4.71. The zero-order valence-electron chi connectivity index (χ0n) is 22.6. The summed E-state index contributed by atoms with van der Waals surface area (Å²) in [5, 5.41) is 19.9. The Bertz CT molecular complexity index is 1550. The van der Waals surface area contributed by atoms with Gasteiger partial charge in [0.2, 0.25) is 5.88 Å². The van der Waals surface area contributed by atoms with Crippen molar-refractivity contribution in [2.24, 2.45) is 0 Å². The maximum atomic E-state index is 15.0. The Morgan fingerprint density at radius 1 is 1.02 bits per heavy atom. The molecule has 4 aromatic rings. The second kappa shape index (κ2) is 13.6. The van der Waals surface area contributed by atoms with Crippen LogP contribution in [0.4, 0.5) is 4.39 Å². The summed E-state index contributed by atoms with van der Waals surface area (Å²) in [5.74, 6) is -2.00. The Labute approximate surface area is 235 Å². The van der Waals surface area contributed by atoms with Gasteiger partial charge in [-0.15, -0.1) is 0 Å². The highest BCUT2D eigenvalue weighted by Crippen LogP contribution is 2.37. The fourth-order valence-corrected chi connectivity index (χ4v) is 4.48. The van der Waals surface area contributed by atoms with Gasteiger partial charge < -0.3 is 43.9 Å². The minimum Gasteiger partial charge on any atom is -0.545 e. The van der Waals surface area contributed by atoms with Crippen molar-refractivity contribution in [3.63, 3.8) is 0 Å². The molecule has 0 bridgehead atoms. The van der Waals surface area contributed by atoms with Gasteiger partial charge in [0, 0.05) is 29.2 Å². The summed E-state index contributed by atoms with van der Waals surface area (Å²) in [6.07, 6.45) is 5.68. The number of rotatable bonds is 10. The number of benzene rings is 2. The van der Waals surface area contributed by atoms with Crippen molar-refractivity contribution in [2.45, 2.75) is 26.2 Å². The van der Waals surface area contributed by atoms with E-state index in [1.165, 1.54) is 32.3 Å². The number of carbonyl (C=O) groups excluding carboxylic acids is 2. The Kier molecular flexibility index (Phi) is 9.69. The van der Waals surface area contributed by atoms with Gasteiger partial charge in [-0.25, -0.2) is 14.4 Å². The van der Waals surface area contributed by atoms with Crippen LogP contribution in [-0.4, -0.2) is 65.1 Å². The number of aliphatic carboxylic acids is 2. The average molecular weight is 565 g/mol. The predicted octanol–water partition coefficient (Wildman–Crippen LogP) is 2.27. The molecule has 1 saturated heterocycles. The SMILES string of the molecule is COc1cc2c(Oc3ccc4[nH]c(C)cc4c3F)ncnc2cc1OCCCN1CCCC1.O=C([O-])/C=C\C(=O)[O-]. The number of nitrogens with one attached hydrogen (secondary N) is 1. The molecule has 0 amide bonds. The number of carboxylic acid groups (broad SMARTS) is 2. The highest BCUT2D eigenvalue weighted by molar-refractivity contribution is 5.88. The molecule has 2 aromatic carbocycles. The summed E-state index contributed by atoms with van der Waals surface area (Å²) in [6, 6.07) is 8.73. The minimum absolute atomic E-state index is 0.0997. The first-order valence-electron chi connectivity index (χ1n) is 13.0. The Balaban J connectivity index is 0.000000426. The molecule has 3 heterocycles. The zero-order chi connectivity index (χ0) is 29.4. The Morgan fingerprint density at radius 2 is 1.76 bits per heavy atom. The monoisotopic (exact) mass is 564 g/mol. The lowest BCUT2D eigenvalue weighted by molar-refractivity contribution is -0.301. The van der Waals surface area contributed by atoms with Crippen LogP contribution in [0.2, 0.25) is 0 Å². The maximum absolute atomic E-state index is 15.0. The number of aromatic nitrogens is 3. The number of hydrogen-bond donors (Lipinski definition) is 1. The molecule has 0 spiro atoms. The molecule has 216 valence electrons. The number of fused-ring (bicyclic) bond motifs is 2. The van der Waals surface area contributed by atoms with E-state index in [1.54, 1.807) is 31.4 Å². The molecule has 0 saturated carbocycles. The number of nitrogens with zero attached hydrogens (tertiary/aromatic N) is 3. The fourth-order valence-electron chi connectivity index (χ4n) is 4.48. The van der Waals surface area contributed by atoms with E-state index in [0.29, 0.717) is 46.5 Å². The molecule has 11 nitrogen and oxygen atoms in total. The van der Waals surface area contributed by atoms with Crippen molar-refractivity contribution in [3.8, 4) is 23.1 Å². The van der Waals surface area contributed by atoms with Crippen molar-refractivity contribution in [3.05, 3.63) is 60.3 Å². The molecule has 5 rings (SSSR count). The molecule has 0 aliphatic carbocycles. The van der Waals surface area contributed by atoms with E-state index in [-0.39, 0.29) is 11.6 Å². The first kappa shape index (κ1) is 29.3. The van der Waals surface area contributed by atoms with E-state index in [1.807, 2.05) is 13.0 Å². The van der Waals surface area contributed by atoms with Crippen LogP contribution in [0.5, 0.6) is 23.1 Å². The molecule has 41 heavy (non-hydrogen) atoms. The average Bonchev–Trinajstić information content (AvgIpc) is 3.61. The van der Waals surface area contributed by atoms with Crippen LogP contribution in [0, 0.1) is 12.7 Å². The van der Waals surface area contributed by atoms with Gasteiger partial charge in [-0.2, -0.15) is 0 Å². The number of ether oxygens (including phenoxy) is 3. The van der Waals surface area contributed by atoms with Crippen LogP contribution in [0.25, 0.3) is 21.8 Å². The van der Waals surface area contributed by atoms with E-state index >= 15 is 4.39 Å². The second-order valence-corrected chi connectivity index (χ2v) is 9.31. The third kappa shape index (κ3) is 7.70. The van der Waals surface area contributed by atoms with Crippen molar-refractivity contribution >= 4 is 33.7 Å². The van der Waals surface area contributed by atoms with Crippen LogP contribution in [0.3, 0.4) is 0 Å². The Morgan fingerprint density at radius 3 is 2.44 bits per heavy atom. The standard InChI is InChI=1S/C25H27FN4O3.C4H4O4/c1-16-12-17-19(29-16)6-7-21(24(17)26)33-25-18-13-22(31-2)23(14-20(18)27-15-28-25)32-11-5-10-30-8-3-4-9-30;5-3(6)1-2-4(7)8/h6-7,12-15,29H,3-5,8-11H2,1-2H3;1-2H,(H,5,6)(H,7,8)/p-2/b;2-1-. The topological polar surface area (TPSA) is 153 Å². The predicted molar refractivity (Wildman–Crippen MR) is 144 cm³/mol. The number of likely N-dealkylation sites (tertiary alicyclic amines) is 1. The van der Waals surface area contributed by atoms with Gasteiger partial charge in [0.25, 0.3) is 0 Å². The zero-order valence-corrected chi connectivity index (χ0v) is 22.6. The molecule has 1 aliphatic rings. The van der Waals surface area contributed by atoms with E-state index < -0.39 is 17.8 Å². The van der Waals surface area contributed by atoms with Crippen LogP contribution >= 0.6 is 0 Å². The van der Waals surface area contributed by atoms with Crippen molar-refractivity contribution < 1.29 is 38.4 Å². The van der Waals surface area contributed by atoms with Crippen LogP contribution in [-0.2, 0) is 9.59 Å². The van der Waals surface area contributed by atoms with Crippen LogP contribution in [0.1, 0.15) is 25.0 Å². The molecule has 2 aromatic heterocycles. The van der Waals surface area contributed by atoms with Crippen LogP contribution < -0.4 is 24.4 Å². The third-order valence-corrected chi connectivity index (χ3v) is 6.36. The number of H-pyrrole nitrogens is 1. The van der Waals surface area contributed by atoms with Gasteiger partial charge in [-0.1, -0.05) is 0 Å². The largest absolute Gasteiger partial charge is 0.545 e. The van der Waals surface area contributed by atoms with Gasteiger partial charge in [0.05, 0.1) is 36.6 Å². The molecule has 0 unspecified atom stereocenters. The molecule has 1 N–H and O–H groups in total. The van der Waals surface area contributed by atoms with Crippen LogP contribution in [0.15, 0.2) is 48.8 Å². The van der Waals surface area contributed by atoms with Gasteiger partial charge in [0.15, 0.2) is 23.1 Å². The molecule has 1 aliphatic heterocycles. The van der Waals surface area contributed by atoms with Crippen molar-refractivity contribution in [1.29, 1.82) is 0 Å². The van der Waals surface area contributed by atoms with Gasteiger partial charge in [-0.05, 0) is 75.7 Å². The molecule has 12 heteroatoms. The van der Waals surface area contributed by atoms with E-state index in [0.717, 1.165) is 24.2 Å². The van der Waals surface area contributed by atoms with Crippen molar-refractivity contribution in [1.82, 2.24) is 19.9 Å².